The first-order valence-electron chi connectivity index (χ1n) is 5.97. The van der Waals surface area contributed by atoms with Crippen molar-refractivity contribution in [1.82, 2.24) is 15.1 Å². The van der Waals surface area contributed by atoms with Crippen LogP contribution in [0.3, 0.4) is 0 Å². The Balaban J connectivity index is 2.13. The Bertz CT molecular complexity index is 549. The van der Waals surface area contributed by atoms with E-state index in [0.717, 1.165) is 12.1 Å². The molecule has 0 spiro atoms. The molecule has 0 aliphatic carbocycles. The van der Waals surface area contributed by atoms with E-state index in [2.05, 4.69) is 15.1 Å². The molecule has 0 atom stereocenters. The van der Waals surface area contributed by atoms with Crippen molar-refractivity contribution in [3.05, 3.63) is 29.8 Å². The van der Waals surface area contributed by atoms with E-state index in [4.69, 9.17) is 4.52 Å². The molecule has 0 aliphatic heterocycles. The van der Waals surface area contributed by atoms with Gasteiger partial charge >= 0.3 is 0 Å². The van der Waals surface area contributed by atoms with E-state index in [0.29, 0.717) is 23.8 Å². The van der Waals surface area contributed by atoms with E-state index < -0.39 is 0 Å². The number of hydrogen-bond donors (Lipinski definition) is 0. The monoisotopic (exact) mass is 245 g/mol. The minimum absolute atomic E-state index is 0.116. The topological polar surface area (TPSA) is 68.9 Å². The molecule has 0 radical (unpaired) electrons. The molecule has 0 aromatic carbocycles. The number of aryl methyl sites for hydroxylation is 1. The Morgan fingerprint density at radius 3 is 2.89 bits per heavy atom. The van der Waals surface area contributed by atoms with E-state index >= 15 is 0 Å². The minimum Gasteiger partial charge on any atom is -0.338 e. The second-order valence-corrected chi connectivity index (χ2v) is 4.14. The maximum absolute atomic E-state index is 11.5. The molecule has 18 heavy (non-hydrogen) atoms. The summed E-state index contributed by atoms with van der Waals surface area (Å²) in [6, 6.07) is 5.60. The van der Waals surface area contributed by atoms with Gasteiger partial charge in [0, 0.05) is 12.1 Å². The molecular weight excluding hydrogens is 230 g/mol. The van der Waals surface area contributed by atoms with Gasteiger partial charge in [0.15, 0.2) is 0 Å². The predicted molar refractivity (Wildman–Crippen MR) is 65.9 cm³/mol. The number of Topliss-reactive ketones (excluding diaryl/α,β-unsaturated/α-hetero) is 1. The first kappa shape index (κ1) is 12.4. The normalized spacial score (nSPS) is 10.6. The Morgan fingerprint density at radius 2 is 2.17 bits per heavy atom. The Hall–Kier alpha value is -2.04. The highest BCUT2D eigenvalue weighted by Crippen LogP contribution is 2.13. The van der Waals surface area contributed by atoms with E-state index in [1.165, 1.54) is 0 Å². The van der Waals surface area contributed by atoms with Crippen molar-refractivity contribution in [2.45, 2.75) is 33.1 Å². The summed E-state index contributed by atoms with van der Waals surface area (Å²) in [5, 5.41) is 3.84. The SMILES string of the molecule is CCCC(=O)Cc1nc(-c2cccc(C)n2)no1. The number of carbonyl (C=O) groups excluding carboxylic acids is 1. The average Bonchev–Trinajstić information content (AvgIpc) is 2.78. The van der Waals surface area contributed by atoms with Crippen LogP contribution >= 0.6 is 0 Å². The first-order valence-corrected chi connectivity index (χ1v) is 5.97. The van der Waals surface area contributed by atoms with Crippen molar-refractivity contribution in [3.8, 4) is 11.5 Å². The lowest BCUT2D eigenvalue weighted by Gasteiger charge is -1.94. The fourth-order valence-corrected chi connectivity index (χ4v) is 1.63. The Labute approximate surface area is 105 Å². The highest BCUT2D eigenvalue weighted by atomic mass is 16.5. The molecule has 0 fully saturated rings. The standard InChI is InChI=1S/C13H15N3O2/c1-3-5-10(17)8-12-15-13(16-18-12)11-7-4-6-9(2)14-11/h4,6-7H,3,5,8H2,1-2H3. The molecule has 5 nitrogen and oxygen atoms in total. The first-order chi connectivity index (χ1) is 8.69. The molecule has 0 amide bonds. The van der Waals surface area contributed by atoms with Gasteiger partial charge in [0.2, 0.25) is 11.7 Å². The van der Waals surface area contributed by atoms with Gasteiger partial charge in [-0.05, 0) is 25.5 Å². The summed E-state index contributed by atoms with van der Waals surface area (Å²) < 4.78 is 5.05. The van der Waals surface area contributed by atoms with Gasteiger partial charge < -0.3 is 4.52 Å². The average molecular weight is 245 g/mol. The van der Waals surface area contributed by atoms with Crippen LogP contribution in [-0.4, -0.2) is 20.9 Å². The van der Waals surface area contributed by atoms with Crippen LogP contribution in [0.5, 0.6) is 0 Å². The third kappa shape index (κ3) is 3.00. The van der Waals surface area contributed by atoms with Gasteiger partial charge in [-0.1, -0.05) is 18.1 Å². The maximum Gasteiger partial charge on any atom is 0.234 e. The van der Waals surface area contributed by atoms with Gasteiger partial charge in [-0.3, -0.25) is 4.79 Å². The highest BCUT2D eigenvalue weighted by Gasteiger charge is 2.12. The van der Waals surface area contributed by atoms with Crippen molar-refractivity contribution in [2.24, 2.45) is 0 Å². The molecule has 2 aromatic heterocycles. The molecule has 0 N–H and O–H groups in total. The second-order valence-electron chi connectivity index (χ2n) is 4.14. The summed E-state index contributed by atoms with van der Waals surface area (Å²) in [6.07, 6.45) is 1.58. The van der Waals surface area contributed by atoms with E-state index in [9.17, 15) is 4.79 Å². The van der Waals surface area contributed by atoms with Crippen LogP contribution in [0.2, 0.25) is 0 Å². The second kappa shape index (κ2) is 5.53. The van der Waals surface area contributed by atoms with Gasteiger partial charge in [0.05, 0.1) is 6.42 Å². The molecular formula is C13H15N3O2. The number of carbonyl (C=O) groups is 1. The summed E-state index contributed by atoms with van der Waals surface area (Å²) in [5.74, 6) is 0.898. The lowest BCUT2D eigenvalue weighted by atomic mass is 10.2. The highest BCUT2D eigenvalue weighted by molar-refractivity contribution is 5.79. The molecule has 0 saturated carbocycles. The maximum atomic E-state index is 11.5. The van der Waals surface area contributed by atoms with Crippen LogP contribution in [0.1, 0.15) is 31.4 Å². The molecule has 5 heteroatoms. The van der Waals surface area contributed by atoms with Crippen LogP contribution in [0, 0.1) is 6.92 Å². The summed E-state index contributed by atoms with van der Waals surface area (Å²) in [5.41, 5.74) is 1.55. The third-order valence-electron chi connectivity index (χ3n) is 2.46. The predicted octanol–water partition coefficient (Wildman–Crippen LogP) is 2.35. The summed E-state index contributed by atoms with van der Waals surface area (Å²) in [7, 11) is 0. The van der Waals surface area contributed by atoms with Crippen molar-refractivity contribution < 1.29 is 9.32 Å². The molecule has 0 saturated heterocycles. The van der Waals surface area contributed by atoms with Gasteiger partial charge in [-0.15, -0.1) is 0 Å². The van der Waals surface area contributed by atoms with E-state index in [-0.39, 0.29) is 12.2 Å². The molecule has 2 rings (SSSR count). The van der Waals surface area contributed by atoms with Crippen molar-refractivity contribution in [1.29, 1.82) is 0 Å². The molecule has 0 bridgehead atoms. The van der Waals surface area contributed by atoms with Crippen LogP contribution in [0.15, 0.2) is 22.7 Å². The molecule has 0 unspecified atom stereocenters. The zero-order valence-electron chi connectivity index (χ0n) is 10.5. The van der Waals surface area contributed by atoms with Gasteiger partial charge in [0.1, 0.15) is 11.5 Å². The fraction of sp³-hybridized carbons (Fsp3) is 0.385. The Kier molecular flexibility index (Phi) is 3.82. The van der Waals surface area contributed by atoms with Crippen LogP contribution in [-0.2, 0) is 11.2 Å². The minimum atomic E-state index is 0.116. The number of ketones is 1. The summed E-state index contributed by atoms with van der Waals surface area (Å²) >= 11 is 0. The number of rotatable bonds is 5. The molecule has 2 heterocycles. The Morgan fingerprint density at radius 1 is 1.33 bits per heavy atom. The van der Waals surface area contributed by atoms with E-state index in [1.54, 1.807) is 0 Å². The van der Waals surface area contributed by atoms with Crippen LogP contribution < -0.4 is 0 Å². The molecule has 2 aromatic rings. The smallest absolute Gasteiger partial charge is 0.234 e. The quantitative estimate of drug-likeness (QED) is 0.808. The zero-order valence-corrected chi connectivity index (χ0v) is 10.5. The molecule has 0 aliphatic rings. The lowest BCUT2D eigenvalue weighted by Crippen LogP contribution is -2.01. The van der Waals surface area contributed by atoms with Gasteiger partial charge in [-0.2, -0.15) is 4.98 Å². The van der Waals surface area contributed by atoms with E-state index in [1.807, 2.05) is 32.0 Å². The number of pyridine rings is 1. The number of aromatic nitrogens is 3. The van der Waals surface area contributed by atoms with Crippen LogP contribution in [0.4, 0.5) is 0 Å². The van der Waals surface area contributed by atoms with Crippen molar-refractivity contribution in [2.75, 3.05) is 0 Å². The summed E-state index contributed by atoms with van der Waals surface area (Å²) in [4.78, 5) is 20.0. The number of hydrogen-bond acceptors (Lipinski definition) is 5. The summed E-state index contributed by atoms with van der Waals surface area (Å²) in [6.45, 7) is 3.86. The molecule has 94 valence electrons. The largest absolute Gasteiger partial charge is 0.338 e. The lowest BCUT2D eigenvalue weighted by molar-refractivity contribution is -0.118. The van der Waals surface area contributed by atoms with Crippen LogP contribution in [0.25, 0.3) is 11.5 Å². The third-order valence-corrected chi connectivity index (χ3v) is 2.46. The fourth-order valence-electron chi connectivity index (χ4n) is 1.63. The van der Waals surface area contributed by atoms with Gasteiger partial charge in [-0.25, -0.2) is 4.98 Å². The number of nitrogens with zero attached hydrogens (tertiary/aromatic N) is 3. The van der Waals surface area contributed by atoms with Crippen molar-refractivity contribution in [3.63, 3.8) is 0 Å². The van der Waals surface area contributed by atoms with Crippen molar-refractivity contribution >= 4 is 5.78 Å². The zero-order chi connectivity index (χ0) is 13.0. The van der Waals surface area contributed by atoms with Gasteiger partial charge in [0.25, 0.3) is 0 Å².